The zero-order valence-corrected chi connectivity index (χ0v) is 35.0. The molecule has 0 aliphatic heterocycles. The van der Waals surface area contributed by atoms with Crippen molar-refractivity contribution in [2.24, 2.45) is 0 Å². The van der Waals surface area contributed by atoms with E-state index >= 15 is 0 Å². The van der Waals surface area contributed by atoms with Crippen molar-refractivity contribution in [1.29, 1.82) is 0 Å². The number of nitrogens with one attached hydrogen (secondary N) is 1. The third-order valence-electron chi connectivity index (χ3n) is 10.2. The monoisotopic (exact) mass is 746 g/mol. The highest BCUT2D eigenvalue weighted by Crippen LogP contribution is 2.14. The van der Waals surface area contributed by atoms with Gasteiger partial charge in [-0.2, -0.15) is 0 Å². The first-order valence-electron chi connectivity index (χ1n) is 22.7. The minimum Gasteiger partial charge on any atom is -0.466 e. The van der Waals surface area contributed by atoms with Crippen LogP contribution in [0.2, 0.25) is 0 Å². The smallest absolute Gasteiger partial charge is 0.305 e. The second-order valence-corrected chi connectivity index (χ2v) is 15.4. The summed E-state index contributed by atoms with van der Waals surface area (Å²) in [7, 11) is 0. The Hall–Kier alpha value is -1.92. The molecule has 6 heteroatoms. The van der Waals surface area contributed by atoms with Crippen LogP contribution < -0.4 is 5.32 Å². The quantitative estimate of drug-likeness (QED) is 0.0329. The summed E-state index contributed by atoms with van der Waals surface area (Å²) < 4.78 is 5.41. The molecular formula is C47H87NO5. The lowest BCUT2D eigenvalue weighted by Gasteiger charge is -2.22. The van der Waals surface area contributed by atoms with Gasteiger partial charge in [-0.15, -0.1) is 0 Å². The average Bonchev–Trinajstić information content (AvgIpc) is 3.16. The number of rotatable bonds is 41. The molecule has 0 radical (unpaired) electrons. The maximum Gasteiger partial charge on any atom is 0.305 e. The molecule has 0 rings (SSSR count). The molecule has 0 heterocycles. The van der Waals surface area contributed by atoms with Crippen LogP contribution in [-0.4, -0.2) is 47.4 Å². The van der Waals surface area contributed by atoms with Crippen LogP contribution >= 0.6 is 0 Å². The zero-order chi connectivity index (χ0) is 38.7. The highest BCUT2D eigenvalue weighted by molar-refractivity contribution is 5.76. The van der Waals surface area contributed by atoms with Crippen molar-refractivity contribution in [2.45, 2.75) is 238 Å². The van der Waals surface area contributed by atoms with E-state index in [-0.39, 0.29) is 18.5 Å². The van der Waals surface area contributed by atoms with Crippen molar-refractivity contribution in [3.05, 3.63) is 36.5 Å². The lowest BCUT2D eigenvalue weighted by Crippen LogP contribution is -2.45. The Morgan fingerprint density at radius 1 is 0.528 bits per heavy atom. The first-order valence-corrected chi connectivity index (χ1v) is 22.7. The first-order chi connectivity index (χ1) is 26.0. The van der Waals surface area contributed by atoms with Gasteiger partial charge in [0, 0.05) is 12.8 Å². The molecule has 0 aromatic rings. The molecule has 0 saturated carbocycles. The number of amides is 1. The van der Waals surface area contributed by atoms with Gasteiger partial charge >= 0.3 is 5.97 Å². The van der Waals surface area contributed by atoms with Crippen molar-refractivity contribution in [2.75, 3.05) is 13.2 Å². The average molecular weight is 746 g/mol. The Kier molecular flexibility index (Phi) is 41.3. The Morgan fingerprint density at radius 2 is 0.962 bits per heavy atom. The summed E-state index contributed by atoms with van der Waals surface area (Å²) in [5.74, 6) is -0.115. The van der Waals surface area contributed by atoms with Gasteiger partial charge < -0.3 is 20.3 Å². The van der Waals surface area contributed by atoms with E-state index in [1.54, 1.807) is 0 Å². The van der Waals surface area contributed by atoms with Crippen LogP contribution in [-0.2, 0) is 14.3 Å². The van der Waals surface area contributed by atoms with Crippen LogP contribution in [0.5, 0.6) is 0 Å². The van der Waals surface area contributed by atoms with E-state index in [0.29, 0.717) is 25.9 Å². The fourth-order valence-corrected chi connectivity index (χ4v) is 6.59. The first kappa shape index (κ1) is 51.1. The fourth-order valence-electron chi connectivity index (χ4n) is 6.59. The maximum atomic E-state index is 12.4. The zero-order valence-electron chi connectivity index (χ0n) is 35.0. The van der Waals surface area contributed by atoms with Crippen LogP contribution in [0.4, 0.5) is 0 Å². The number of ether oxygens (including phenoxy) is 1. The summed E-state index contributed by atoms with van der Waals surface area (Å²) in [5, 5.41) is 23.1. The van der Waals surface area contributed by atoms with Gasteiger partial charge in [0.05, 0.1) is 25.4 Å². The second-order valence-electron chi connectivity index (χ2n) is 15.4. The second kappa shape index (κ2) is 42.8. The molecule has 0 aromatic carbocycles. The summed E-state index contributed by atoms with van der Waals surface area (Å²) in [5.41, 5.74) is 0. The van der Waals surface area contributed by atoms with Gasteiger partial charge in [-0.05, 0) is 77.0 Å². The number of allylic oxidation sites excluding steroid dienone is 6. The predicted octanol–water partition coefficient (Wildman–Crippen LogP) is 12.9. The van der Waals surface area contributed by atoms with Gasteiger partial charge in [0.1, 0.15) is 0 Å². The van der Waals surface area contributed by atoms with E-state index in [9.17, 15) is 19.8 Å². The van der Waals surface area contributed by atoms with Crippen molar-refractivity contribution in [1.82, 2.24) is 5.32 Å². The predicted molar refractivity (Wildman–Crippen MR) is 227 cm³/mol. The molecule has 0 aliphatic carbocycles. The van der Waals surface area contributed by atoms with Gasteiger partial charge in [0.25, 0.3) is 0 Å². The van der Waals surface area contributed by atoms with Crippen LogP contribution in [0, 0.1) is 0 Å². The summed E-state index contributed by atoms with van der Waals surface area (Å²) in [4.78, 5) is 24.4. The van der Waals surface area contributed by atoms with Gasteiger partial charge in [-0.25, -0.2) is 0 Å². The van der Waals surface area contributed by atoms with E-state index in [4.69, 9.17) is 4.74 Å². The Morgan fingerprint density at radius 3 is 1.51 bits per heavy atom. The van der Waals surface area contributed by atoms with Crippen molar-refractivity contribution < 1.29 is 24.5 Å². The molecule has 3 N–H and O–H groups in total. The molecule has 1 amide bonds. The van der Waals surface area contributed by atoms with E-state index in [1.165, 1.54) is 96.3 Å². The molecule has 0 fully saturated rings. The minimum absolute atomic E-state index is 0.0470. The maximum absolute atomic E-state index is 12.4. The van der Waals surface area contributed by atoms with Crippen molar-refractivity contribution in [3.8, 4) is 0 Å². The van der Waals surface area contributed by atoms with E-state index < -0.39 is 12.1 Å². The number of unbranched alkanes of at least 4 members (excludes halogenated alkanes) is 24. The van der Waals surface area contributed by atoms with E-state index in [1.807, 2.05) is 0 Å². The largest absolute Gasteiger partial charge is 0.466 e. The topological polar surface area (TPSA) is 95.9 Å². The van der Waals surface area contributed by atoms with Gasteiger partial charge in [-0.1, -0.05) is 172 Å². The number of carbonyl (C=O) groups is 2. The molecule has 2 atom stereocenters. The Labute approximate surface area is 328 Å². The van der Waals surface area contributed by atoms with E-state index in [2.05, 4.69) is 55.6 Å². The number of hydrogen-bond acceptors (Lipinski definition) is 5. The molecule has 0 aliphatic rings. The SMILES string of the molecule is CCCC/C=C\C/C=C\CCCCCCCC(=O)OCCCC/C=C\CCCCCCCC(=O)NC(CO)C(O)CCCCCCCCCCCCC. The molecule has 0 spiro atoms. The summed E-state index contributed by atoms with van der Waals surface area (Å²) in [6.07, 6.45) is 49.6. The Balaban J connectivity index is 3.54. The van der Waals surface area contributed by atoms with Crippen LogP contribution in [0.3, 0.4) is 0 Å². The molecule has 310 valence electrons. The number of aliphatic hydroxyl groups is 2. The summed E-state index contributed by atoms with van der Waals surface area (Å²) in [6.45, 7) is 4.80. The van der Waals surface area contributed by atoms with Gasteiger partial charge in [0.2, 0.25) is 5.91 Å². The molecular weight excluding hydrogens is 659 g/mol. The highest BCUT2D eigenvalue weighted by Gasteiger charge is 2.20. The summed E-state index contributed by atoms with van der Waals surface area (Å²) >= 11 is 0. The number of esters is 1. The minimum atomic E-state index is -0.681. The van der Waals surface area contributed by atoms with E-state index in [0.717, 1.165) is 96.3 Å². The number of hydrogen-bond donors (Lipinski definition) is 3. The van der Waals surface area contributed by atoms with Gasteiger partial charge in [-0.3, -0.25) is 9.59 Å². The van der Waals surface area contributed by atoms with Crippen LogP contribution in [0.15, 0.2) is 36.5 Å². The molecule has 0 aromatic heterocycles. The number of carbonyl (C=O) groups excluding carboxylic acids is 2. The van der Waals surface area contributed by atoms with Gasteiger partial charge in [0.15, 0.2) is 0 Å². The molecule has 0 bridgehead atoms. The third-order valence-corrected chi connectivity index (χ3v) is 10.2. The molecule has 6 nitrogen and oxygen atoms in total. The molecule has 53 heavy (non-hydrogen) atoms. The number of aliphatic hydroxyl groups excluding tert-OH is 2. The van der Waals surface area contributed by atoms with Crippen LogP contribution in [0.25, 0.3) is 0 Å². The lowest BCUT2D eigenvalue weighted by molar-refractivity contribution is -0.143. The third kappa shape index (κ3) is 39.6. The van der Waals surface area contributed by atoms with Crippen LogP contribution in [0.1, 0.15) is 226 Å². The molecule has 2 unspecified atom stereocenters. The standard InChI is InChI=1S/C47H87NO5/c1-3-5-7-9-11-13-15-16-17-21-25-29-33-37-41-47(52)53-42-38-34-30-26-22-18-20-24-28-32-36-40-46(51)48-44(43-49)45(50)39-35-31-27-23-19-14-12-10-8-6-4-2/h9,11,15-16,22,26,44-45,49-50H,3-8,10,12-14,17-21,23-25,27-43H2,1-2H3,(H,48,51)/b11-9-,16-15-,26-22-. The molecule has 0 saturated heterocycles. The lowest BCUT2D eigenvalue weighted by atomic mass is 10.0. The fraction of sp³-hybridized carbons (Fsp3) is 0.830. The Bertz CT molecular complexity index is 869. The summed E-state index contributed by atoms with van der Waals surface area (Å²) in [6, 6.07) is -0.562. The normalized spacial score (nSPS) is 13.1. The van der Waals surface area contributed by atoms with Crippen molar-refractivity contribution >= 4 is 11.9 Å². The van der Waals surface area contributed by atoms with Crippen molar-refractivity contribution in [3.63, 3.8) is 0 Å². The highest BCUT2D eigenvalue weighted by atomic mass is 16.5.